The van der Waals surface area contributed by atoms with Gasteiger partial charge in [0.05, 0.1) is 32.4 Å². The second-order valence-electron chi connectivity index (χ2n) is 5.53. The van der Waals surface area contributed by atoms with E-state index in [1.54, 1.807) is 31.2 Å². The Morgan fingerprint density at radius 1 is 1.04 bits per heavy atom. The Kier molecular flexibility index (Phi) is 6.15. The molecule has 0 saturated carbocycles. The molecule has 0 spiro atoms. The highest BCUT2D eigenvalue weighted by atomic mass is 35.5. The summed E-state index contributed by atoms with van der Waals surface area (Å²) in [6.45, 7) is 1.94. The molecule has 2 aromatic carbocycles. The van der Waals surface area contributed by atoms with Gasteiger partial charge in [-0.25, -0.2) is 0 Å². The van der Waals surface area contributed by atoms with Crippen molar-refractivity contribution >= 4 is 17.5 Å². The highest BCUT2D eigenvalue weighted by molar-refractivity contribution is 6.32. The van der Waals surface area contributed by atoms with E-state index in [0.29, 0.717) is 22.1 Å². The number of hydrogen-bond acceptors (Lipinski definition) is 4. The number of carbonyl (C=O) groups is 1. The van der Waals surface area contributed by atoms with Gasteiger partial charge in [0, 0.05) is 18.2 Å². The fraction of sp³-hybridized carbons (Fsp3) is 0.316. The van der Waals surface area contributed by atoms with E-state index in [-0.39, 0.29) is 11.9 Å². The standard InChI is InChI=1S/C19H22ClNO4/c1-12(14-8-6-7-9-16(14)23-3)21(2)19(22)13-10-15(20)18(25-5)17(11-13)24-4/h6-12H,1-5H3. The Balaban J connectivity index is 2.35. The molecule has 0 fully saturated rings. The molecule has 0 bridgehead atoms. The molecular formula is C19H22ClNO4. The topological polar surface area (TPSA) is 48.0 Å². The second kappa shape index (κ2) is 8.12. The van der Waals surface area contributed by atoms with Gasteiger partial charge in [-0.1, -0.05) is 29.8 Å². The number of ether oxygens (including phenoxy) is 3. The van der Waals surface area contributed by atoms with Crippen LogP contribution in [-0.4, -0.2) is 39.2 Å². The van der Waals surface area contributed by atoms with E-state index in [0.717, 1.165) is 11.3 Å². The van der Waals surface area contributed by atoms with Crippen LogP contribution in [0.4, 0.5) is 0 Å². The fourth-order valence-electron chi connectivity index (χ4n) is 2.64. The number of benzene rings is 2. The van der Waals surface area contributed by atoms with Gasteiger partial charge in [-0.3, -0.25) is 4.79 Å². The molecule has 0 radical (unpaired) electrons. The molecule has 1 amide bonds. The van der Waals surface area contributed by atoms with Crippen LogP contribution in [0.15, 0.2) is 36.4 Å². The predicted octanol–water partition coefficient (Wildman–Crippen LogP) is 4.20. The Labute approximate surface area is 153 Å². The molecule has 0 heterocycles. The minimum Gasteiger partial charge on any atom is -0.496 e. The molecular weight excluding hydrogens is 342 g/mol. The highest BCUT2D eigenvalue weighted by Gasteiger charge is 2.23. The van der Waals surface area contributed by atoms with Crippen LogP contribution in [0, 0.1) is 0 Å². The zero-order chi connectivity index (χ0) is 18.6. The van der Waals surface area contributed by atoms with E-state index >= 15 is 0 Å². The molecule has 0 aliphatic carbocycles. The Morgan fingerprint density at radius 2 is 1.68 bits per heavy atom. The average Bonchev–Trinajstić information content (AvgIpc) is 2.65. The average molecular weight is 364 g/mol. The number of nitrogens with zero attached hydrogens (tertiary/aromatic N) is 1. The third kappa shape index (κ3) is 3.82. The third-order valence-electron chi connectivity index (χ3n) is 4.17. The first-order chi connectivity index (χ1) is 11.9. The zero-order valence-electron chi connectivity index (χ0n) is 15.0. The lowest BCUT2D eigenvalue weighted by Gasteiger charge is -2.27. The first-order valence-corrected chi connectivity index (χ1v) is 8.14. The quantitative estimate of drug-likeness (QED) is 0.771. The summed E-state index contributed by atoms with van der Waals surface area (Å²) in [6, 6.07) is 10.6. The van der Waals surface area contributed by atoms with Gasteiger partial charge in [-0.05, 0) is 25.1 Å². The van der Waals surface area contributed by atoms with Crippen molar-refractivity contribution in [2.24, 2.45) is 0 Å². The van der Waals surface area contributed by atoms with Gasteiger partial charge < -0.3 is 19.1 Å². The van der Waals surface area contributed by atoms with Gasteiger partial charge >= 0.3 is 0 Å². The minimum absolute atomic E-state index is 0.179. The van der Waals surface area contributed by atoms with E-state index in [4.69, 9.17) is 25.8 Å². The number of methoxy groups -OCH3 is 3. The van der Waals surface area contributed by atoms with Crippen LogP contribution in [0.25, 0.3) is 0 Å². The summed E-state index contributed by atoms with van der Waals surface area (Å²) in [4.78, 5) is 14.5. The van der Waals surface area contributed by atoms with E-state index in [1.165, 1.54) is 14.2 Å². The predicted molar refractivity (Wildman–Crippen MR) is 98.1 cm³/mol. The summed E-state index contributed by atoms with van der Waals surface area (Å²) >= 11 is 6.21. The Morgan fingerprint density at radius 3 is 2.28 bits per heavy atom. The SMILES string of the molecule is COc1ccccc1C(C)N(C)C(=O)c1cc(Cl)c(OC)c(OC)c1. The van der Waals surface area contributed by atoms with Crippen molar-refractivity contribution in [3.8, 4) is 17.2 Å². The van der Waals surface area contributed by atoms with Gasteiger partial charge in [0.1, 0.15) is 5.75 Å². The van der Waals surface area contributed by atoms with Crippen LogP contribution in [0.2, 0.25) is 5.02 Å². The van der Waals surface area contributed by atoms with E-state index in [1.807, 2.05) is 31.2 Å². The molecule has 1 unspecified atom stereocenters. The highest BCUT2D eigenvalue weighted by Crippen LogP contribution is 2.37. The smallest absolute Gasteiger partial charge is 0.254 e. The van der Waals surface area contributed by atoms with E-state index < -0.39 is 0 Å². The van der Waals surface area contributed by atoms with E-state index in [9.17, 15) is 4.79 Å². The fourth-order valence-corrected chi connectivity index (χ4v) is 2.93. The largest absolute Gasteiger partial charge is 0.496 e. The molecule has 6 heteroatoms. The molecule has 2 aromatic rings. The first-order valence-electron chi connectivity index (χ1n) is 7.76. The molecule has 0 saturated heterocycles. The van der Waals surface area contributed by atoms with Crippen molar-refractivity contribution < 1.29 is 19.0 Å². The van der Waals surface area contributed by atoms with Crippen LogP contribution in [0.1, 0.15) is 28.9 Å². The molecule has 0 N–H and O–H groups in total. The lowest BCUT2D eigenvalue weighted by molar-refractivity contribution is 0.0740. The van der Waals surface area contributed by atoms with Crippen molar-refractivity contribution in [3.63, 3.8) is 0 Å². The van der Waals surface area contributed by atoms with Gasteiger partial charge in [0.2, 0.25) is 0 Å². The van der Waals surface area contributed by atoms with Crippen molar-refractivity contribution in [2.75, 3.05) is 28.4 Å². The lowest BCUT2D eigenvalue weighted by Crippen LogP contribution is -2.30. The second-order valence-corrected chi connectivity index (χ2v) is 5.93. The number of carbonyl (C=O) groups excluding carboxylic acids is 1. The summed E-state index contributed by atoms with van der Waals surface area (Å²) in [5.74, 6) is 1.37. The summed E-state index contributed by atoms with van der Waals surface area (Å²) < 4.78 is 15.9. The molecule has 0 aromatic heterocycles. The number of hydrogen-bond donors (Lipinski definition) is 0. The van der Waals surface area contributed by atoms with E-state index in [2.05, 4.69) is 0 Å². The van der Waals surface area contributed by atoms with Gasteiger partial charge in [-0.2, -0.15) is 0 Å². The Bertz CT molecular complexity index is 763. The monoisotopic (exact) mass is 363 g/mol. The maximum absolute atomic E-state index is 12.9. The first kappa shape index (κ1) is 18.9. The summed E-state index contributed by atoms with van der Waals surface area (Å²) in [5.41, 5.74) is 1.35. The van der Waals surface area contributed by atoms with Crippen molar-refractivity contribution in [1.29, 1.82) is 0 Å². The summed E-state index contributed by atoms with van der Waals surface area (Å²) in [7, 11) is 6.36. The van der Waals surface area contributed by atoms with Crippen LogP contribution < -0.4 is 14.2 Å². The lowest BCUT2D eigenvalue weighted by atomic mass is 10.0. The molecule has 1 atom stereocenters. The third-order valence-corrected chi connectivity index (χ3v) is 4.45. The van der Waals surface area contributed by atoms with Gasteiger partial charge in [0.15, 0.2) is 11.5 Å². The van der Waals surface area contributed by atoms with Gasteiger partial charge in [0.25, 0.3) is 5.91 Å². The molecule has 25 heavy (non-hydrogen) atoms. The van der Waals surface area contributed by atoms with Crippen LogP contribution in [0.5, 0.6) is 17.2 Å². The minimum atomic E-state index is -0.185. The van der Waals surface area contributed by atoms with Gasteiger partial charge in [-0.15, -0.1) is 0 Å². The molecule has 0 aliphatic rings. The molecule has 0 aliphatic heterocycles. The molecule has 2 rings (SSSR count). The van der Waals surface area contributed by atoms with Crippen LogP contribution in [0.3, 0.4) is 0 Å². The number of rotatable bonds is 6. The summed E-state index contributed by atoms with van der Waals surface area (Å²) in [5, 5.41) is 0.323. The normalized spacial score (nSPS) is 11.6. The van der Waals surface area contributed by atoms with Crippen LogP contribution in [-0.2, 0) is 0 Å². The zero-order valence-corrected chi connectivity index (χ0v) is 15.8. The number of amides is 1. The maximum atomic E-state index is 12.9. The number of halogens is 1. The van der Waals surface area contributed by atoms with Crippen molar-refractivity contribution in [3.05, 3.63) is 52.5 Å². The maximum Gasteiger partial charge on any atom is 0.254 e. The number of para-hydroxylation sites is 1. The van der Waals surface area contributed by atoms with Crippen molar-refractivity contribution in [1.82, 2.24) is 4.90 Å². The van der Waals surface area contributed by atoms with Crippen molar-refractivity contribution in [2.45, 2.75) is 13.0 Å². The molecule has 5 nitrogen and oxygen atoms in total. The Hall–Kier alpha value is -2.40. The van der Waals surface area contributed by atoms with Crippen LogP contribution >= 0.6 is 11.6 Å². The summed E-state index contributed by atoms with van der Waals surface area (Å²) in [6.07, 6.45) is 0. The molecule has 134 valence electrons.